The van der Waals surface area contributed by atoms with Crippen molar-refractivity contribution in [3.63, 3.8) is 0 Å². The van der Waals surface area contributed by atoms with Gasteiger partial charge in [0.1, 0.15) is 11.6 Å². The molecule has 3 rings (SSSR count). The minimum absolute atomic E-state index is 0.0165. The van der Waals surface area contributed by atoms with Crippen molar-refractivity contribution in [1.29, 1.82) is 5.26 Å². The predicted octanol–water partition coefficient (Wildman–Crippen LogP) is 1.99. The third kappa shape index (κ3) is 4.54. The van der Waals surface area contributed by atoms with Crippen LogP contribution in [-0.4, -0.2) is 47.0 Å². The van der Waals surface area contributed by atoms with Gasteiger partial charge >= 0.3 is 0 Å². The number of hydrogen-bond donors (Lipinski definition) is 2. The van der Waals surface area contributed by atoms with E-state index in [1.165, 1.54) is 12.1 Å². The summed E-state index contributed by atoms with van der Waals surface area (Å²) in [6.07, 6.45) is 2.95. The van der Waals surface area contributed by atoms with E-state index in [9.17, 15) is 9.18 Å². The lowest BCUT2D eigenvalue weighted by Crippen LogP contribution is -2.43. The van der Waals surface area contributed by atoms with E-state index in [0.717, 1.165) is 43.8 Å². The number of piperidine rings is 1. The first-order chi connectivity index (χ1) is 12.2. The number of nitrogens with one attached hydrogen (secondary N) is 2. The van der Waals surface area contributed by atoms with Crippen molar-refractivity contribution in [3.05, 3.63) is 29.8 Å². The second-order valence-electron chi connectivity index (χ2n) is 6.43. The number of benzene rings is 1. The van der Waals surface area contributed by atoms with Gasteiger partial charge in [-0.3, -0.25) is 4.79 Å². The standard InChI is InChI=1S/C18H22FN5O/c19-14-4-5-15-16(11-14)23-17(22-15)6-8-21-18(25)13-3-1-9-24(12-13)10-2-7-20/h4-5,11,13H,1-3,6,8-10,12H2,(H,21,25)(H,22,23). The Hall–Kier alpha value is -2.46. The number of aromatic nitrogens is 2. The Labute approximate surface area is 146 Å². The van der Waals surface area contributed by atoms with E-state index in [4.69, 9.17) is 5.26 Å². The summed E-state index contributed by atoms with van der Waals surface area (Å²) in [6.45, 7) is 2.91. The SMILES string of the molecule is N#CCCN1CCCC(C(=O)NCCc2nc3ccc(F)cc3[nH]2)C1. The molecule has 1 aromatic carbocycles. The summed E-state index contributed by atoms with van der Waals surface area (Å²) in [5.41, 5.74) is 1.39. The number of fused-ring (bicyclic) bond motifs is 1. The fraction of sp³-hybridized carbons (Fsp3) is 0.500. The molecule has 1 aliphatic rings. The van der Waals surface area contributed by atoms with Crippen LogP contribution in [0.4, 0.5) is 4.39 Å². The number of imidazole rings is 1. The molecule has 0 radical (unpaired) electrons. The summed E-state index contributed by atoms with van der Waals surface area (Å²) in [5, 5.41) is 11.6. The van der Waals surface area contributed by atoms with E-state index in [1.807, 2.05) is 0 Å². The normalized spacial score (nSPS) is 18.2. The highest BCUT2D eigenvalue weighted by molar-refractivity contribution is 5.79. The van der Waals surface area contributed by atoms with Crippen LogP contribution in [0.3, 0.4) is 0 Å². The van der Waals surface area contributed by atoms with Crippen molar-refractivity contribution >= 4 is 16.9 Å². The number of likely N-dealkylation sites (tertiary alicyclic amines) is 1. The van der Waals surface area contributed by atoms with Gasteiger partial charge in [-0.25, -0.2) is 9.37 Å². The maximum absolute atomic E-state index is 13.2. The minimum atomic E-state index is -0.297. The van der Waals surface area contributed by atoms with E-state index >= 15 is 0 Å². The van der Waals surface area contributed by atoms with Crippen LogP contribution in [0.25, 0.3) is 11.0 Å². The highest BCUT2D eigenvalue weighted by Crippen LogP contribution is 2.17. The van der Waals surface area contributed by atoms with Crippen molar-refractivity contribution in [2.75, 3.05) is 26.2 Å². The topological polar surface area (TPSA) is 84.8 Å². The average molecular weight is 343 g/mol. The van der Waals surface area contributed by atoms with Crippen LogP contribution in [-0.2, 0) is 11.2 Å². The Bertz CT molecular complexity index is 781. The number of nitrogens with zero attached hydrogens (tertiary/aromatic N) is 3. The molecule has 7 heteroatoms. The minimum Gasteiger partial charge on any atom is -0.355 e. The summed E-state index contributed by atoms with van der Waals surface area (Å²) in [5.74, 6) is 0.482. The molecule has 25 heavy (non-hydrogen) atoms. The molecule has 1 amide bonds. The van der Waals surface area contributed by atoms with Gasteiger partial charge in [-0.2, -0.15) is 5.26 Å². The quantitative estimate of drug-likeness (QED) is 0.840. The van der Waals surface area contributed by atoms with E-state index in [0.29, 0.717) is 24.9 Å². The van der Waals surface area contributed by atoms with Crippen molar-refractivity contribution < 1.29 is 9.18 Å². The second-order valence-corrected chi connectivity index (χ2v) is 6.43. The molecule has 2 N–H and O–H groups in total. The summed E-state index contributed by atoms with van der Waals surface area (Å²) in [7, 11) is 0. The molecule has 0 bridgehead atoms. The van der Waals surface area contributed by atoms with Crippen LogP contribution in [0, 0.1) is 23.1 Å². The molecular formula is C18H22FN5O. The lowest BCUT2D eigenvalue weighted by atomic mass is 9.97. The molecule has 1 saturated heterocycles. The molecule has 6 nitrogen and oxygen atoms in total. The van der Waals surface area contributed by atoms with Gasteiger partial charge in [-0.15, -0.1) is 0 Å². The molecule has 1 unspecified atom stereocenters. The van der Waals surface area contributed by atoms with Gasteiger partial charge in [0.05, 0.1) is 23.0 Å². The van der Waals surface area contributed by atoms with Crippen molar-refractivity contribution in [2.24, 2.45) is 5.92 Å². The van der Waals surface area contributed by atoms with Crippen molar-refractivity contribution in [1.82, 2.24) is 20.2 Å². The number of H-pyrrole nitrogens is 1. The first-order valence-electron chi connectivity index (χ1n) is 8.67. The Kier molecular flexibility index (Phi) is 5.61. The van der Waals surface area contributed by atoms with Gasteiger partial charge < -0.3 is 15.2 Å². The lowest BCUT2D eigenvalue weighted by molar-refractivity contribution is -0.126. The molecule has 132 valence electrons. The maximum atomic E-state index is 13.2. The number of nitriles is 1. The number of carbonyl (C=O) groups is 1. The largest absolute Gasteiger partial charge is 0.355 e. The Morgan fingerprint density at radius 3 is 3.24 bits per heavy atom. The number of aromatic amines is 1. The van der Waals surface area contributed by atoms with Gasteiger partial charge in [0.2, 0.25) is 5.91 Å². The summed E-state index contributed by atoms with van der Waals surface area (Å²) in [4.78, 5) is 22.0. The van der Waals surface area contributed by atoms with E-state index in [1.54, 1.807) is 6.07 Å². The van der Waals surface area contributed by atoms with Crippen LogP contribution >= 0.6 is 0 Å². The molecule has 0 spiro atoms. The van der Waals surface area contributed by atoms with Gasteiger partial charge in [0.25, 0.3) is 0 Å². The Morgan fingerprint density at radius 1 is 1.52 bits per heavy atom. The predicted molar refractivity (Wildman–Crippen MR) is 92.2 cm³/mol. The number of carbonyl (C=O) groups excluding carboxylic acids is 1. The third-order valence-electron chi connectivity index (χ3n) is 4.57. The van der Waals surface area contributed by atoms with Gasteiger partial charge in [0, 0.05) is 32.5 Å². The van der Waals surface area contributed by atoms with Gasteiger partial charge in [-0.1, -0.05) is 0 Å². The van der Waals surface area contributed by atoms with Crippen LogP contribution in [0.5, 0.6) is 0 Å². The van der Waals surface area contributed by atoms with Crippen LogP contribution < -0.4 is 5.32 Å². The molecule has 2 heterocycles. The average Bonchev–Trinajstić information content (AvgIpc) is 3.02. The molecule has 1 fully saturated rings. The molecule has 1 atom stereocenters. The number of rotatable bonds is 6. The zero-order valence-corrected chi connectivity index (χ0v) is 14.1. The Balaban J connectivity index is 1.47. The van der Waals surface area contributed by atoms with E-state index < -0.39 is 0 Å². The number of halogens is 1. The molecule has 2 aromatic rings. The monoisotopic (exact) mass is 343 g/mol. The van der Waals surface area contributed by atoms with E-state index in [-0.39, 0.29) is 17.6 Å². The van der Waals surface area contributed by atoms with Crippen LogP contribution in [0.1, 0.15) is 25.1 Å². The van der Waals surface area contributed by atoms with E-state index in [2.05, 4.69) is 26.3 Å². The third-order valence-corrected chi connectivity index (χ3v) is 4.57. The second kappa shape index (κ2) is 8.08. The first-order valence-corrected chi connectivity index (χ1v) is 8.67. The van der Waals surface area contributed by atoms with Gasteiger partial charge in [-0.05, 0) is 37.6 Å². The highest BCUT2D eigenvalue weighted by atomic mass is 19.1. The zero-order chi connectivity index (χ0) is 17.6. The molecule has 1 aromatic heterocycles. The molecule has 1 aliphatic heterocycles. The zero-order valence-electron chi connectivity index (χ0n) is 14.1. The highest BCUT2D eigenvalue weighted by Gasteiger charge is 2.25. The molecule has 0 saturated carbocycles. The summed E-state index contributed by atoms with van der Waals surface area (Å²) in [6, 6.07) is 6.59. The Morgan fingerprint density at radius 2 is 2.40 bits per heavy atom. The summed E-state index contributed by atoms with van der Waals surface area (Å²) < 4.78 is 13.2. The van der Waals surface area contributed by atoms with Crippen LogP contribution in [0.15, 0.2) is 18.2 Å². The smallest absolute Gasteiger partial charge is 0.224 e. The fourth-order valence-electron chi connectivity index (χ4n) is 3.28. The molecular weight excluding hydrogens is 321 g/mol. The lowest BCUT2D eigenvalue weighted by Gasteiger charge is -2.31. The van der Waals surface area contributed by atoms with Crippen molar-refractivity contribution in [2.45, 2.75) is 25.7 Å². The van der Waals surface area contributed by atoms with Crippen LogP contribution in [0.2, 0.25) is 0 Å². The number of amides is 1. The molecule has 0 aliphatic carbocycles. The number of hydrogen-bond acceptors (Lipinski definition) is 4. The fourth-order valence-corrected chi connectivity index (χ4v) is 3.28. The summed E-state index contributed by atoms with van der Waals surface area (Å²) >= 11 is 0. The van der Waals surface area contributed by atoms with Gasteiger partial charge in [0.15, 0.2) is 0 Å². The maximum Gasteiger partial charge on any atom is 0.224 e. The van der Waals surface area contributed by atoms with Crippen molar-refractivity contribution in [3.8, 4) is 6.07 Å². The first kappa shape index (κ1) is 17.4.